The number of hydrogen-bond donors (Lipinski definition) is 0. The zero-order chi connectivity index (χ0) is 34.2. The average molecular weight is 697 g/mol. The molecule has 0 aliphatic heterocycles. The van der Waals surface area contributed by atoms with Crippen LogP contribution in [0.1, 0.15) is 90.4 Å². The summed E-state index contributed by atoms with van der Waals surface area (Å²) in [5, 5.41) is 0. The minimum atomic E-state index is -1.45. The molecule has 11 heteroatoms. The maximum Gasteiger partial charge on any atom is 0.183 e. The Kier molecular flexibility index (Phi) is 40.1. The van der Waals surface area contributed by atoms with Crippen molar-refractivity contribution < 1.29 is 47.1 Å². The second-order valence-corrected chi connectivity index (χ2v) is 17.2. The van der Waals surface area contributed by atoms with Gasteiger partial charge in [0.25, 0.3) is 0 Å². The molecule has 0 aliphatic rings. The molecule has 0 aliphatic carbocycles. The van der Waals surface area contributed by atoms with Gasteiger partial charge >= 0.3 is 0 Å². The topological polar surface area (TPSA) is 92.3 Å². The Morgan fingerprint density at radius 2 is 0.468 bits per heavy atom. The fourth-order valence-corrected chi connectivity index (χ4v) is 5.19. The van der Waals surface area contributed by atoms with Crippen molar-refractivity contribution in [3.05, 3.63) is 0 Å². The molecule has 0 bridgehead atoms. The third kappa shape index (κ3) is 45.8. The monoisotopic (exact) mass is 697 g/mol. The summed E-state index contributed by atoms with van der Waals surface area (Å²) in [6.07, 6.45) is 17.8. The first-order valence-electron chi connectivity index (χ1n) is 18.9. The summed E-state index contributed by atoms with van der Waals surface area (Å²) < 4.78 is 55.5. The van der Waals surface area contributed by atoms with Gasteiger partial charge in [-0.2, -0.15) is 0 Å². The summed E-state index contributed by atoms with van der Waals surface area (Å²) >= 11 is 0. The molecule has 0 spiro atoms. The van der Waals surface area contributed by atoms with Gasteiger partial charge in [0.15, 0.2) is 8.32 Å². The van der Waals surface area contributed by atoms with Gasteiger partial charge in [0.2, 0.25) is 0 Å². The van der Waals surface area contributed by atoms with Crippen LogP contribution in [0.2, 0.25) is 19.6 Å². The predicted molar refractivity (Wildman–Crippen MR) is 192 cm³/mol. The Labute approximate surface area is 290 Å². The molecule has 0 saturated carbocycles. The maximum absolute atomic E-state index is 5.72. The Hall–Kier alpha value is -0.183. The van der Waals surface area contributed by atoms with Gasteiger partial charge in [0.1, 0.15) is 0 Å². The zero-order valence-corrected chi connectivity index (χ0v) is 32.2. The van der Waals surface area contributed by atoms with Crippen molar-refractivity contribution in [1.82, 2.24) is 0 Å². The van der Waals surface area contributed by atoms with E-state index in [2.05, 4.69) is 26.6 Å². The third-order valence-electron chi connectivity index (χ3n) is 7.13. The summed E-state index contributed by atoms with van der Waals surface area (Å²) in [7, 11) is -1.45. The van der Waals surface area contributed by atoms with Crippen molar-refractivity contribution in [2.75, 3.05) is 126 Å². The fourth-order valence-electron chi connectivity index (χ4n) is 4.49. The predicted octanol–water partition coefficient (Wildman–Crippen LogP) is 7.08. The molecular formula is C36H76O10Si. The molecule has 47 heavy (non-hydrogen) atoms. The molecular weight excluding hydrogens is 620 g/mol. The van der Waals surface area contributed by atoms with Crippen molar-refractivity contribution >= 4 is 8.32 Å². The molecule has 0 rings (SSSR count). The van der Waals surface area contributed by atoms with Crippen LogP contribution in [0.3, 0.4) is 0 Å². The second kappa shape index (κ2) is 40.2. The van der Waals surface area contributed by atoms with Gasteiger partial charge in [-0.25, -0.2) is 0 Å². The van der Waals surface area contributed by atoms with Crippen LogP contribution >= 0.6 is 0 Å². The van der Waals surface area contributed by atoms with Crippen molar-refractivity contribution in [1.29, 1.82) is 0 Å². The fraction of sp³-hybridized carbons (Fsp3) is 1.00. The van der Waals surface area contributed by atoms with Crippen LogP contribution in [-0.4, -0.2) is 134 Å². The highest BCUT2D eigenvalue weighted by molar-refractivity contribution is 6.69. The summed E-state index contributed by atoms with van der Waals surface area (Å²) in [6.45, 7) is 19.8. The molecule has 0 aromatic carbocycles. The molecule has 0 radical (unpaired) electrons. The van der Waals surface area contributed by atoms with Crippen molar-refractivity contribution in [3.63, 3.8) is 0 Å². The van der Waals surface area contributed by atoms with E-state index in [0.29, 0.717) is 119 Å². The minimum Gasteiger partial charge on any atom is -0.415 e. The van der Waals surface area contributed by atoms with Crippen LogP contribution < -0.4 is 0 Å². The zero-order valence-electron chi connectivity index (χ0n) is 31.2. The normalized spacial score (nSPS) is 12.0. The van der Waals surface area contributed by atoms with E-state index in [4.69, 9.17) is 47.1 Å². The molecule has 0 aromatic rings. The molecule has 0 N–H and O–H groups in total. The molecule has 0 amide bonds. The lowest BCUT2D eigenvalue weighted by molar-refractivity contribution is -0.0254. The first-order chi connectivity index (χ1) is 23.1. The van der Waals surface area contributed by atoms with Gasteiger partial charge in [-0.15, -0.1) is 0 Å². The van der Waals surface area contributed by atoms with E-state index < -0.39 is 8.32 Å². The largest absolute Gasteiger partial charge is 0.415 e. The summed E-state index contributed by atoms with van der Waals surface area (Å²) in [5.74, 6) is 0. The van der Waals surface area contributed by atoms with E-state index in [1.807, 2.05) is 0 Å². The smallest absolute Gasteiger partial charge is 0.183 e. The van der Waals surface area contributed by atoms with Crippen LogP contribution in [-0.2, 0) is 47.1 Å². The Morgan fingerprint density at radius 3 is 0.723 bits per heavy atom. The Balaban J connectivity index is 3.05. The van der Waals surface area contributed by atoms with Gasteiger partial charge in [0, 0.05) is 6.61 Å². The van der Waals surface area contributed by atoms with Crippen LogP contribution in [0.4, 0.5) is 0 Å². The van der Waals surface area contributed by atoms with Crippen LogP contribution in [0.25, 0.3) is 0 Å². The van der Waals surface area contributed by atoms with Gasteiger partial charge in [-0.1, -0.05) is 84.0 Å². The van der Waals surface area contributed by atoms with Gasteiger partial charge in [0.05, 0.1) is 119 Å². The van der Waals surface area contributed by atoms with Gasteiger partial charge < -0.3 is 47.1 Å². The van der Waals surface area contributed by atoms with E-state index in [9.17, 15) is 0 Å². The summed E-state index contributed by atoms with van der Waals surface area (Å²) in [6, 6.07) is 0. The van der Waals surface area contributed by atoms with E-state index in [1.54, 1.807) is 0 Å². The van der Waals surface area contributed by atoms with Crippen molar-refractivity contribution in [2.24, 2.45) is 0 Å². The van der Waals surface area contributed by atoms with Crippen LogP contribution in [0.5, 0.6) is 0 Å². The van der Waals surface area contributed by atoms with E-state index >= 15 is 0 Å². The van der Waals surface area contributed by atoms with Crippen LogP contribution in [0, 0.1) is 0 Å². The molecule has 10 nitrogen and oxygen atoms in total. The molecule has 0 fully saturated rings. The van der Waals surface area contributed by atoms with Gasteiger partial charge in [-0.05, 0) is 26.1 Å². The van der Waals surface area contributed by atoms with Crippen molar-refractivity contribution in [3.8, 4) is 0 Å². The molecule has 0 unspecified atom stereocenters. The van der Waals surface area contributed by atoms with Gasteiger partial charge in [-0.3, -0.25) is 0 Å². The standard InChI is InChI=1S/C36H76O10Si/c1-5-6-7-8-9-10-11-12-13-14-15-16-17-18-37-19-20-38-21-22-39-23-24-40-25-26-41-27-28-42-29-30-43-31-32-44-33-34-45-35-36-46-47(2,3)4/h5-36H2,1-4H3. The lowest BCUT2D eigenvalue weighted by Crippen LogP contribution is -2.27. The highest BCUT2D eigenvalue weighted by atomic mass is 28.4. The van der Waals surface area contributed by atoms with Crippen LogP contribution in [0.15, 0.2) is 0 Å². The van der Waals surface area contributed by atoms with E-state index in [0.717, 1.165) is 13.0 Å². The highest BCUT2D eigenvalue weighted by Gasteiger charge is 2.13. The van der Waals surface area contributed by atoms with E-state index in [-0.39, 0.29) is 0 Å². The van der Waals surface area contributed by atoms with Crippen molar-refractivity contribution in [2.45, 2.75) is 110 Å². The first kappa shape index (κ1) is 46.8. The number of ether oxygens (including phenoxy) is 9. The second-order valence-electron chi connectivity index (χ2n) is 12.7. The quantitative estimate of drug-likeness (QED) is 0.0487. The Morgan fingerprint density at radius 1 is 0.255 bits per heavy atom. The lowest BCUT2D eigenvalue weighted by atomic mass is 10.0. The van der Waals surface area contributed by atoms with E-state index in [1.165, 1.54) is 77.0 Å². The summed E-state index contributed by atoms with van der Waals surface area (Å²) in [4.78, 5) is 0. The summed E-state index contributed by atoms with van der Waals surface area (Å²) in [5.41, 5.74) is 0. The molecule has 0 saturated heterocycles. The third-order valence-corrected chi connectivity index (χ3v) is 8.20. The molecule has 0 aromatic heterocycles. The molecule has 0 atom stereocenters. The molecule has 0 heterocycles. The number of hydrogen-bond acceptors (Lipinski definition) is 10. The highest BCUT2D eigenvalue weighted by Crippen LogP contribution is 2.12. The SMILES string of the molecule is CCCCCCCCCCCCCCCOCCOCCOCCOCCOCCOCCOCCOCCOCCO[Si](C)(C)C. The minimum absolute atomic E-state index is 0.534. The molecule has 284 valence electrons. The lowest BCUT2D eigenvalue weighted by Gasteiger charge is -2.16. The maximum atomic E-state index is 5.72. The number of rotatable bonds is 42. The first-order valence-corrected chi connectivity index (χ1v) is 22.3. The average Bonchev–Trinajstić information content (AvgIpc) is 3.05. The number of unbranched alkanes of at least 4 members (excludes halogenated alkanes) is 12. The Bertz CT molecular complexity index is 568.